The molecule has 1 aromatic heterocycles. The molecule has 1 aromatic rings. The summed E-state index contributed by atoms with van der Waals surface area (Å²) in [6, 6.07) is 0. The highest BCUT2D eigenvalue weighted by molar-refractivity contribution is 5.14. The van der Waals surface area contributed by atoms with E-state index in [2.05, 4.69) is 23.8 Å². The lowest BCUT2D eigenvalue weighted by Crippen LogP contribution is -2.41. The lowest BCUT2D eigenvalue weighted by Gasteiger charge is -2.42. The second-order valence-electron chi connectivity index (χ2n) is 11.4. The monoisotopic (exact) mass is 492 g/mol. The zero-order chi connectivity index (χ0) is 24.9. The Bertz CT molecular complexity index is 688. The molecule has 0 saturated heterocycles. The van der Waals surface area contributed by atoms with Crippen LogP contribution in [-0.4, -0.2) is 22.5 Å². The standard InChI is InChI=1S/C30H50F2N2O/c1-3-5-7-8-9-10-12-20-35-27-22-33-29(34-23-27)26-18-19-28(30(31,32)21-26)25-16-14-24(15-17-25)13-11-6-4-2/h22-26,28H,3-21H2,1-2H3/t24?,25?,26-,28+/m0/s1. The summed E-state index contributed by atoms with van der Waals surface area (Å²) < 4.78 is 36.3. The Morgan fingerprint density at radius 1 is 0.800 bits per heavy atom. The molecule has 0 aliphatic heterocycles. The third-order valence-electron chi connectivity index (χ3n) is 8.59. The SMILES string of the molecule is CCCCCCCCCOc1cnc([C@H]2CC[C@H](C3CCC(CCCCC)CC3)C(F)(F)C2)nc1. The number of unbranched alkanes of at least 4 members (excludes halogenated alkanes) is 8. The molecule has 2 atom stereocenters. The molecular formula is C30H50F2N2O. The number of rotatable bonds is 15. The number of hydrogen-bond acceptors (Lipinski definition) is 3. The molecule has 3 nitrogen and oxygen atoms in total. The van der Waals surface area contributed by atoms with Gasteiger partial charge in [-0.1, -0.05) is 90.9 Å². The van der Waals surface area contributed by atoms with Crippen LogP contribution in [0, 0.1) is 17.8 Å². The topological polar surface area (TPSA) is 35.0 Å². The van der Waals surface area contributed by atoms with Crippen LogP contribution in [0.3, 0.4) is 0 Å². The second-order valence-corrected chi connectivity index (χ2v) is 11.4. The van der Waals surface area contributed by atoms with Gasteiger partial charge in [-0.25, -0.2) is 18.7 Å². The molecule has 3 rings (SSSR count). The first-order valence-electron chi connectivity index (χ1n) is 14.9. The van der Waals surface area contributed by atoms with Crippen molar-refractivity contribution in [1.82, 2.24) is 9.97 Å². The summed E-state index contributed by atoms with van der Waals surface area (Å²) >= 11 is 0. The van der Waals surface area contributed by atoms with Crippen molar-refractivity contribution in [2.24, 2.45) is 17.8 Å². The molecule has 0 aromatic carbocycles. The first-order valence-corrected chi connectivity index (χ1v) is 14.9. The molecule has 5 heteroatoms. The molecule has 2 fully saturated rings. The van der Waals surface area contributed by atoms with Crippen LogP contribution >= 0.6 is 0 Å². The van der Waals surface area contributed by atoms with Crippen LogP contribution in [0.4, 0.5) is 8.78 Å². The van der Waals surface area contributed by atoms with E-state index in [-0.39, 0.29) is 18.3 Å². The molecule has 0 bridgehead atoms. The zero-order valence-corrected chi connectivity index (χ0v) is 22.5. The highest BCUT2D eigenvalue weighted by Crippen LogP contribution is 2.51. The minimum atomic E-state index is -2.61. The van der Waals surface area contributed by atoms with Gasteiger partial charge >= 0.3 is 0 Å². The lowest BCUT2D eigenvalue weighted by molar-refractivity contribution is -0.119. The Labute approximate surface area is 213 Å². The summed E-state index contributed by atoms with van der Waals surface area (Å²) in [6.45, 7) is 5.14. The minimum Gasteiger partial charge on any atom is -0.490 e. The van der Waals surface area contributed by atoms with E-state index in [0.29, 0.717) is 24.6 Å². The number of aromatic nitrogens is 2. The number of nitrogens with zero attached hydrogens (tertiary/aromatic N) is 2. The van der Waals surface area contributed by atoms with E-state index in [9.17, 15) is 0 Å². The smallest absolute Gasteiger partial charge is 0.251 e. The van der Waals surface area contributed by atoms with Crippen LogP contribution in [0.1, 0.15) is 141 Å². The Kier molecular flexibility index (Phi) is 12.2. The van der Waals surface area contributed by atoms with Gasteiger partial charge in [0.1, 0.15) is 5.82 Å². The molecule has 2 saturated carbocycles. The predicted octanol–water partition coefficient (Wildman–Crippen LogP) is 9.51. The summed E-state index contributed by atoms with van der Waals surface area (Å²) in [5.74, 6) is -1.15. The maximum atomic E-state index is 15.3. The molecule has 0 unspecified atom stereocenters. The largest absolute Gasteiger partial charge is 0.490 e. The Morgan fingerprint density at radius 2 is 1.43 bits per heavy atom. The van der Waals surface area contributed by atoms with E-state index in [1.807, 2.05) is 0 Å². The van der Waals surface area contributed by atoms with Crippen molar-refractivity contribution < 1.29 is 13.5 Å². The van der Waals surface area contributed by atoms with E-state index in [1.165, 1.54) is 64.2 Å². The van der Waals surface area contributed by atoms with Crippen molar-refractivity contribution >= 4 is 0 Å². The summed E-state index contributed by atoms with van der Waals surface area (Å²) in [6.07, 6.45) is 22.7. The van der Waals surface area contributed by atoms with E-state index in [4.69, 9.17) is 4.74 Å². The van der Waals surface area contributed by atoms with Crippen LogP contribution in [-0.2, 0) is 0 Å². The van der Waals surface area contributed by atoms with Gasteiger partial charge in [-0.05, 0) is 43.9 Å². The molecule has 2 aliphatic rings. The number of halogens is 2. The maximum absolute atomic E-state index is 15.3. The molecule has 0 spiro atoms. The van der Waals surface area contributed by atoms with Gasteiger partial charge in [-0.15, -0.1) is 0 Å². The Balaban J connectivity index is 1.38. The molecule has 0 N–H and O–H groups in total. The van der Waals surface area contributed by atoms with Gasteiger partial charge < -0.3 is 4.74 Å². The number of alkyl halides is 2. The van der Waals surface area contributed by atoms with Gasteiger partial charge in [-0.2, -0.15) is 0 Å². The van der Waals surface area contributed by atoms with Gasteiger partial charge in [0.2, 0.25) is 0 Å². The normalized spacial score (nSPS) is 26.5. The average molecular weight is 493 g/mol. The first kappa shape index (κ1) is 28.3. The highest BCUT2D eigenvalue weighted by atomic mass is 19.3. The minimum absolute atomic E-state index is 0.105. The summed E-state index contributed by atoms with van der Waals surface area (Å²) in [7, 11) is 0. The molecule has 2 aliphatic carbocycles. The first-order chi connectivity index (χ1) is 17.0. The predicted molar refractivity (Wildman–Crippen MR) is 140 cm³/mol. The zero-order valence-electron chi connectivity index (χ0n) is 22.5. The lowest BCUT2D eigenvalue weighted by atomic mass is 9.67. The summed E-state index contributed by atoms with van der Waals surface area (Å²) in [4.78, 5) is 8.86. The van der Waals surface area contributed by atoms with Gasteiger partial charge in [0.05, 0.1) is 19.0 Å². The van der Waals surface area contributed by atoms with E-state index in [0.717, 1.165) is 44.4 Å². The van der Waals surface area contributed by atoms with Crippen LogP contribution in [0.15, 0.2) is 12.4 Å². The van der Waals surface area contributed by atoms with Crippen molar-refractivity contribution in [3.05, 3.63) is 18.2 Å². The van der Waals surface area contributed by atoms with Crippen LogP contribution in [0.5, 0.6) is 5.75 Å². The number of ether oxygens (including phenoxy) is 1. The Morgan fingerprint density at radius 3 is 2.09 bits per heavy atom. The third kappa shape index (κ3) is 9.28. The van der Waals surface area contributed by atoms with Crippen molar-refractivity contribution in [2.45, 2.75) is 141 Å². The van der Waals surface area contributed by atoms with Crippen molar-refractivity contribution in [3.63, 3.8) is 0 Å². The van der Waals surface area contributed by atoms with E-state index < -0.39 is 11.8 Å². The van der Waals surface area contributed by atoms with Gasteiger partial charge in [-0.3, -0.25) is 0 Å². The molecular weight excluding hydrogens is 442 g/mol. The summed E-state index contributed by atoms with van der Waals surface area (Å²) in [5.41, 5.74) is 0. The van der Waals surface area contributed by atoms with Gasteiger partial charge in [0.15, 0.2) is 5.75 Å². The number of hydrogen-bond donors (Lipinski definition) is 0. The molecule has 0 amide bonds. The van der Waals surface area contributed by atoms with Crippen molar-refractivity contribution in [3.8, 4) is 5.75 Å². The van der Waals surface area contributed by atoms with E-state index in [1.54, 1.807) is 12.4 Å². The second kappa shape index (κ2) is 15.1. The fourth-order valence-corrected chi connectivity index (χ4v) is 6.40. The molecule has 200 valence electrons. The summed E-state index contributed by atoms with van der Waals surface area (Å²) in [5, 5.41) is 0. The van der Waals surface area contributed by atoms with Crippen molar-refractivity contribution in [2.75, 3.05) is 6.61 Å². The third-order valence-corrected chi connectivity index (χ3v) is 8.59. The van der Waals surface area contributed by atoms with Gasteiger partial charge in [0, 0.05) is 18.3 Å². The molecule has 0 radical (unpaired) electrons. The highest BCUT2D eigenvalue weighted by Gasteiger charge is 2.49. The molecule has 1 heterocycles. The van der Waals surface area contributed by atoms with E-state index >= 15 is 8.78 Å². The van der Waals surface area contributed by atoms with Crippen LogP contribution in [0.25, 0.3) is 0 Å². The fraction of sp³-hybridized carbons (Fsp3) is 0.867. The Hall–Kier alpha value is -1.26. The fourth-order valence-electron chi connectivity index (χ4n) is 6.40. The molecule has 35 heavy (non-hydrogen) atoms. The maximum Gasteiger partial charge on any atom is 0.251 e. The van der Waals surface area contributed by atoms with Gasteiger partial charge in [0.25, 0.3) is 5.92 Å². The van der Waals surface area contributed by atoms with Crippen molar-refractivity contribution in [1.29, 1.82) is 0 Å². The van der Waals surface area contributed by atoms with Crippen LogP contribution in [0.2, 0.25) is 0 Å². The van der Waals surface area contributed by atoms with Crippen LogP contribution < -0.4 is 4.74 Å². The quantitative estimate of drug-likeness (QED) is 0.229. The average Bonchev–Trinajstić information content (AvgIpc) is 2.86.